The van der Waals surface area contributed by atoms with Gasteiger partial charge >= 0.3 is 6.03 Å². The average molecular weight is 314 g/mol. The van der Waals surface area contributed by atoms with Crippen LogP contribution in [0.25, 0.3) is 10.9 Å². The molecule has 122 valence electrons. The predicted octanol–water partition coefficient (Wildman–Crippen LogP) is 1.71. The van der Waals surface area contributed by atoms with Crippen LogP contribution in [0.3, 0.4) is 0 Å². The largest absolute Gasteiger partial charge is 0.383 e. The van der Waals surface area contributed by atoms with E-state index in [-0.39, 0.29) is 6.03 Å². The minimum absolute atomic E-state index is 0.0160. The zero-order valence-electron chi connectivity index (χ0n) is 13.4. The first kappa shape index (κ1) is 15.6. The van der Waals surface area contributed by atoms with Crippen molar-refractivity contribution < 1.29 is 9.53 Å². The number of fused-ring (bicyclic) bond motifs is 1. The van der Waals surface area contributed by atoms with Gasteiger partial charge in [-0.2, -0.15) is 0 Å². The summed E-state index contributed by atoms with van der Waals surface area (Å²) >= 11 is 0. The maximum absolute atomic E-state index is 12.1. The fourth-order valence-electron chi connectivity index (χ4n) is 2.87. The fourth-order valence-corrected chi connectivity index (χ4v) is 2.87. The molecule has 0 spiro atoms. The number of carbonyl (C=O) groups is 1. The summed E-state index contributed by atoms with van der Waals surface area (Å²) in [4.78, 5) is 20.7. The van der Waals surface area contributed by atoms with Crippen molar-refractivity contribution in [3.05, 3.63) is 36.5 Å². The molecule has 1 N–H and O–H groups in total. The SMILES string of the molecule is COCCNC(=O)N1CCN(c2cccc3cccnc23)CC1. The Morgan fingerprint density at radius 1 is 1.22 bits per heavy atom. The minimum Gasteiger partial charge on any atom is -0.383 e. The molecule has 6 heteroatoms. The van der Waals surface area contributed by atoms with Crippen LogP contribution in [0.2, 0.25) is 0 Å². The number of carbonyl (C=O) groups excluding carboxylic acids is 1. The van der Waals surface area contributed by atoms with Gasteiger partial charge in [-0.15, -0.1) is 0 Å². The first-order valence-corrected chi connectivity index (χ1v) is 7.90. The number of para-hydroxylation sites is 1. The molecule has 0 unspecified atom stereocenters. The number of amides is 2. The van der Waals surface area contributed by atoms with Crippen LogP contribution in [0.1, 0.15) is 0 Å². The highest BCUT2D eigenvalue weighted by molar-refractivity contribution is 5.90. The quantitative estimate of drug-likeness (QED) is 0.873. The Bertz CT molecular complexity index is 663. The summed E-state index contributed by atoms with van der Waals surface area (Å²) in [6.07, 6.45) is 1.82. The molecule has 2 heterocycles. The number of hydrogen-bond donors (Lipinski definition) is 1. The molecule has 1 fully saturated rings. The molecule has 2 amide bonds. The Morgan fingerprint density at radius 3 is 2.78 bits per heavy atom. The summed E-state index contributed by atoms with van der Waals surface area (Å²) in [5, 5.41) is 4.01. The van der Waals surface area contributed by atoms with Crippen LogP contribution in [-0.4, -0.2) is 62.4 Å². The van der Waals surface area contributed by atoms with Gasteiger partial charge in [0.1, 0.15) is 0 Å². The zero-order valence-corrected chi connectivity index (χ0v) is 13.4. The number of pyridine rings is 1. The van der Waals surface area contributed by atoms with Crippen molar-refractivity contribution >= 4 is 22.6 Å². The lowest BCUT2D eigenvalue weighted by Gasteiger charge is -2.36. The first-order chi connectivity index (χ1) is 11.3. The molecule has 1 aliphatic heterocycles. The maximum Gasteiger partial charge on any atom is 0.317 e. The van der Waals surface area contributed by atoms with E-state index in [2.05, 4.69) is 39.5 Å². The monoisotopic (exact) mass is 314 g/mol. The van der Waals surface area contributed by atoms with Crippen molar-refractivity contribution in [3.63, 3.8) is 0 Å². The van der Waals surface area contributed by atoms with Crippen molar-refractivity contribution in [1.82, 2.24) is 15.2 Å². The third kappa shape index (κ3) is 3.53. The van der Waals surface area contributed by atoms with E-state index in [0.717, 1.165) is 29.7 Å². The number of nitrogens with zero attached hydrogens (tertiary/aromatic N) is 3. The third-order valence-corrected chi connectivity index (χ3v) is 4.10. The van der Waals surface area contributed by atoms with Crippen LogP contribution in [0.4, 0.5) is 10.5 Å². The summed E-state index contributed by atoms with van der Waals surface area (Å²) in [5.41, 5.74) is 2.16. The van der Waals surface area contributed by atoms with E-state index in [4.69, 9.17) is 4.74 Å². The topological polar surface area (TPSA) is 57.7 Å². The van der Waals surface area contributed by atoms with E-state index < -0.39 is 0 Å². The number of aromatic nitrogens is 1. The zero-order chi connectivity index (χ0) is 16.1. The Hall–Kier alpha value is -2.34. The third-order valence-electron chi connectivity index (χ3n) is 4.10. The fraction of sp³-hybridized carbons (Fsp3) is 0.412. The van der Waals surface area contributed by atoms with Gasteiger partial charge in [-0.1, -0.05) is 18.2 Å². The van der Waals surface area contributed by atoms with Gasteiger partial charge in [0, 0.05) is 51.4 Å². The van der Waals surface area contributed by atoms with Crippen molar-refractivity contribution in [2.45, 2.75) is 0 Å². The molecule has 0 radical (unpaired) electrons. The second-order valence-electron chi connectivity index (χ2n) is 5.55. The average Bonchev–Trinajstić information content (AvgIpc) is 2.61. The van der Waals surface area contributed by atoms with Crippen LogP contribution >= 0.6 is 0 Å². The molecule has 23 heavy (non-hydrogen) atoms. The highest BCUT2D eigenvalue weighted by atomic mass is 16.5. The molecule has 1 aromatic carbocycles. The van der Waals surface area contributed by atoms with E-state index in [9.17, 15) is 4.79 Å². The van der Waals surface area contributed by atoms with Crippen LogP contribution in [0.5, 0.6) is 0 Å². The highest BCUT2D eigenvalue weighted by Gasteiger charge is 2.22. The number of ether oxygens (including phenoxy) is 1. The molecule has 0 bridgehead atoms. The van der Waals surface area contributed by atoms with Gasteiger partial charge in [0.05, 0.1) is 17.8 Å². The Kier molecular flexibility index (Phi) is 4.92. The molecule has 2 aromatic rings. The maximum atomic E-state index is 12.1. The summed E-state index contributed by atoms with van der Waals surface area (Å²) in [6.45, 7) is 4.13. The van der Waals surface area contributed by atoms with Gasteiger partial charge < -0.3 is 19.9 Å². The summed E-state index contributed by atoms with van der Waals surface area (Å²) in [6, 6.07) is 10.2. The standard InChI is InChI=1S/C17H22N4O2/c1-23-13-8-19-17(22)21-11-9-20(10-12-21)15-6-2-4-14-5-3-7-18-16(14)15/h2-7H,8-13H2,1H3,(H,19,22). The van der Waals surface area contributed by atoms with Crippen LogP contribution < -0.4 is 10.2 Å². The number of rotatable bonds is 4. The number of benzene rings is 1. The molecule has 6 nitrogen and oxygen atoms in total. The van der Waals surface area contributed by atoms with Gasteiger partial charge in [-0.05, 0) is 12.1 Å². The van der Waals surface area contributed by atoms with E-state index in [0.29, 0.717) is 26.2 Å². The van der Waals surface area contributed by atoms with Gasteiger partial charge in [-0.3, -0.25) is 4.98 Å². The van der Waals surface area contributed by atoms with Crippen molar-refractivity contribution in [2.24, 2.45) is 0 Å². The summed E-state index contributed by atoms with van der Waals surface area (Å²) in [7, 11) is 1.63. The normalized spacial score (nSPS) is 15.0. The number of anilines is 1. The molecule has 0 aliphatic carbocycles. The molecule has 1 aromatic heterocycles. The second kappa shape index (κ2) is 7.28. The first-order valence-electron chi connectivity index (χ1n) is 7.90. The van der Waals surface area contributed by atoms with Crippen LogP contribution in [-0.2, 0) is 4.74 Å². The molecular weight excluding hydrogens is 292 g/mol. The predicted molar refractivity (Wildman–Crippen MR) is 90.8 cm³/mol. The van der Waals surface area contributed by atoms with Gasteiger partial charge in [0.15, 0.2) is 0 Å². The van der Waals surface area contributed by atoms with Crippen molar-refractivity contribution in [2.75, 3.05) is 51.3 Å². The van der Waals surface area contributed by atoms with E-state index >= 15 is 0 Å². The van der Waals surface area contributed by atoms with Gasteiger partial charge in [0.2, 0.25) is 0 Å². The molecular formula is C17H22N4O2. The van der Waals surface area contributed by atoms with Crippen molar-refractivity contribution in [1.29, 1.82) is 0 Å². The highest BCUT2D eigenvalue weighted by Crippen LogP contribution is 2.25. The molecule has 0 saturated carbocycles. The Morgan fingerprint density at radius 2 is 2.00 bits per heavy atom. The molecule has 1 aliphatic rings. The lowest BCUT2D eigenvalue weighted by Crippen LogP contribution is -2.52. The lowest BCUT2D eigenvalue weighted by molar-refractivity contribution is 0.177. The second-order valence-corrected chi connectivity index (χ2v) is 5.55. The summed E-state index contributed by atoms with van der Waals surface area (Å²) < 4.78 is 4.95. The smallest absolute Gasteiger partial charge is 0.317 e. The van der Waals surface area contributed by atoms with Gasteiger partial charge in [-0.25, -0.2) is 4.79 Å². The summed E-state index contributed by atoms with van der Waals surface area (Å²) in [5.74, 6) is 0. The van der Waals surface area contributed by atoms with Crippen molar-refractivity contribution in [3.8, 4) is 0 Å². The number of methoxy groups -OCH3 is 1. The molecule has 1 saturated heterocycles. The number of hydrogen-bond acceptors (Lipinski definition) is 4. The number of piperazine rings is 1. The Labute approximate surface area is 136 Å². The minimum atomic E-state index is -0.0160. The Balaban J connectivity index is 1.63. The van der Waals surface area contributed by atoms with Crippen LogP contribution in [0, 0.1) is 0 Å². The molecule has 0 atom stereocenters. The van der Waals surface area contributed by atoms with E-state index in [1.165, 1.54) is 0 Å². The van der Waals surface area contributed by atoms with E-state index in [1.807, 2.05) is 17.2 Å². The number of nitrogens with one attached hydrogen (secondary N) is 1. The lowest BCUT2D eigenvalue weighted by atomic mass is 10.1. The van der Waals surface area contributed by atoms with E-state index in [1.54, 1.807) is 7.11 Å². The number of urea groups is 1. The van der Waals surface area contributed by atoms with Crippen LogP contribution in [0.15, 0.2) is 36.5 Å². The molecule has 3 rings (SSSR count). The van der Waals surface area contributed by atoms with Gasteiger partial charge in [0.25, 0.3) is 0 Å².